The average molecular weight is 632 g/mol. The van der Waals surface area contributed by atoms with Gasteiger partial charge in [-0.3, -0.25) is 28.2 Å². The normalized spacial score (nSPS) is 35.5. The molecule has 6 heterocycles. The Balaban J connectivity index is 1.10. The number of anilines is 1. The molecular weight excluding hydrogens is 613 g/mol. The molecule has 19 nitrogen and oxygen atoms in total. The first kappa shape index (κ1) is 27.5. The van der Waals surface area contributed by atoms with E-state index in [1.807, 2.05) is 0 Å². The third-order valence-electron chi connectivity index (χ3n) is 7.22. The molecule has 2 aliphatic heterocycles. The maximum Gasteiger partial charge on any atom is 0.386 e. The van der Waals surface area contributed by atoms with Gasteiger partial charge in [-0.1, -0.05) is 17.5 Å². The van der Waals surface area contributed by atoms with Gasteiger partial charge >= 0.3 is 6.80 Å². The largest absolute Gasteiger partial charge is 0.387 e. The standard InChI is InChI=1S/C19H19F2N10O9PS/c20-5-8(32)4(38-16(5)31-12-7(28-29-31)14(34)24-2-23-12)1-37-41(36,42)40-11-17(39-10-9(33)19(10,11)21)30-3-25-6-13(30)26-18(22)27-15(6)35/h2-5,8-11,16-17,32-33H,1H2,(H,36,42)(H,23,24,34)(H3,22,26,27,35)/t4-,5+,8-,9?,10-,11+,16-,17-,19+,41?/m1/s1. The van der Waals surface area contributed by atoms with Gasteiger partial charge in [-0.2, -0.15) is 9.67 Å². The first-order valence-electron chi connectivity index (χ1n) is 12.1. The number of nitrogen functional groups attached to an aromatic ring is 1. The zero-order valence-corrected chi connectivity index (χ0v) is 22.4. The Morgan fingerprint density at radius 2 is 1.98 bits per heavy atom. The van der Waals surface area contributed by atoms with Crippen LogP contribution in [0.2, 0.25) is 0 Å². The van der Waals surface area contributed by atoms with E-state index < -0.39 is 79.3 Å². The van der Waals surface area contributed by atoms with Crippen molar-refractivity contribution in [2.24, 2.45) is 0 Å². The molecule has 2 saturated heterocycles. The Kier molecular flexibility index (Phi) is 6.09. The predicted molar refractivity (Wildman–Crippen MR) is 134 cm³/mol. The van der Waals surface area contributed by atoms with E-state index in [0.717, 1.165) is 21.9 Å². The average Bonchev–Trinajstić information content (AvgIpc) is 3.47. The van der Waals surface area contributed by atoms with Crippen LogP contribution < -0.4 is 16.9 Å². The van der Waals surface area contributed by atoms with E-state index in [4.69, 9.17) is 24.3 Å². The highest BCUT2D eigenvalue weighted by Crippen LogP contribution is 2.64. The van der Waals surface area contributed by atoms with Crippen LogP contribution in [-0.4, -0.2) is 104 Å². The zero-order chi connectivity index (χ0) is 29.7. The van der Waals surface area contributed by atoms with Gasteiger partial charge in [0, 0.05) is 0 Å². The molecule has 224 valence electrons. The zero-order valence-electron chi connectivity index (χ0n) is 20.6. The second kappa shape index (κ2) is 9.31. The van der Waals surface area contributed by atoms with Gasteiger partial charge in [0.05, 0.1) is 19.3 Å². The predicted octanol–water partition coefficient (Wildman–Crippen LogP) is -1.75. The fourth-order valence-electron chi connectivity index (χ4n) is 5.08. The van der Waals surface area contributed by atoms with Crippen molar-refractivity contribution in [3.63, 3.8) is 0 Å². The number of aromatic nitrogens is 9. The molecule has 3 aliphatic rings. The summed E-state index contributed by atoms with van der Waals surface area (Å²) in [6.45, 7) is -5.31. The number of nitrogens with zero attached hydrogens (tertiary/aromatic N) is 7. The molecule has 4 aromatic rings. The summed E-state index contributed by atoms with van der Waals surface area (Å²) in [7, 11) is 0. The minimum atomic E-state index is -4.55. The SMILES string of the molecule is Nc1nc2c(ncn2[C@@H]2O[C@@H]3C(O)[C@@]3(F)[C@H]2OP(=O)(S)OC[C@H]2O[C@@H](n3nnc4c(=O)[nH]cnc43)[C@@H](F)[C@@H]2O)c(=O)[nH]1. The van der Waals surface area contributed by atoms with Crippen LogP contribution in [0, 0.1) is 0 Å². The van der Waals surface area contributed by atoms with Crippen LogP contribution in [0.4, 0.5) is 14.7 Å². The van der Waals surface area contributed by atoms with Gasteiger partial charge in [-0.15, -0.1) is 5.10 Å². The van der Waals surface area contributed by atoms with Gasteiger partial charge in [0.25, 0.3) is 11.1 Å². The lowest BCUT2D eigenvalue weighted by molar-refractivity contribution is -0.0769. The molecule has 1 saturated carbocycles. The van der Waals surface area contributed by atoms with Crippen molar-refractivity contribution in [3.05, 3.63) is 33.4 Å². The summed E-state index contributed by atoms with van der Waals surface area (Å²) in [6, 6.07) is 0. The van der Waals surface area contributed by atoms with Crippen molar-refractivity contribution in [2.75, 3.05) is 12.3 Å². The van der Waals surface area contributed by atoms with Crippen LogP contribution in [0.15, 0.2) is 22.2 Å². The molecule has 0 radical (unpaired) electrons. The molecule has 0 aromatic carbocycles. The molecule has 23 heteroatoms. The number of rotatable bonds is 7. The van der Waals surface area contributed by atoms with Gasteiger partial charge in [0.2, 0.25) is 5.95 Å². The third kappa shape index (κ3) is 4.01. The van der Waals surface area contributed by atoms with Crippen molar-refractivity contribution in [3.8, 4) is 0 Å². The summed E-state index contributed by atoms with van der Waals surface area (Å²) >= 11 is 3.88. The number of hydrogen-bond donors (Lipinski definition) is 6. The number of ether oxygens (including phenoxy) is 2. The Morgan fingerprint density at radius 1 is 1.19 bits per heavy atom. The summed E-state index contributed by atoms with van der Waals surface area (Å²) in [6.07, 6.45) is -11.1. The number of halogens is 2. The van der Waals surface area contributed by atoms with Crippen molar-refractivity contribution >= 4 is 47.3 Å². The summed E-state index contributed by atoms with van der Waals surface area (Å²) in [5, 5.41) is 27.8. The fourth-order valence-corrected chi connectivity index (χ4v) is 6.53. The third-order valence-corrected chi connectivity index (χ3v) is 8.82. The van der Waals surface area contributed by atoms with Crippen LogP contribution in [0.25, 0.3) is 22.3 Å². The Morgan fingerprint density at radius 3 is 2.76 bits per heavy atom. The first-order chi connectivity index (χ1) is 19.9. The first-order valence-corrected chi connectivity index (χ1v) is 14.8. The van der Waals surface area contributed by atoms with Gasteiger partial charge in [0.1, 0.15) is 24.4 Å². The summed E-state index contributed by atoms with van der Waals surface area (Å²) < 4.78 is 67.6. The van der Waals surface area contributed by atoms with E-state index in [2.05, 4.69) is 47.5 Å². The highest BCUT2D eigenvalue weighted by molar-refractivity contribution is 8.44. The highest BCUT2D eigenvalue weighted by Gasteiger charge is 2.80. The number of hydrogen-bond acceptors (Lipinski definition) is 15. The highest BCUT2D eigenvalue weighted by atomic mass is 32.7. The topological polar surface area (TPSA) is 260 Å². The number of alkyl halides is 2. The molecule has 7 rings (SSSR count). The number of thiol groups is 1. The van der Waals surface area contributed by atoms with Crippen LogP contribution in [-0.2, 0) is 23.1 Å². The number of nitrogens with one attached hydrogen (secondary N) is 2. The van der Waals surface area contributed by atoms with Crippen molar-refractivity contribution in [1.82, 2.24) is 44.5 Å². The van der Waals surface area contributed by atoms with E-state index in [1.165, 1.54) is 0 Å². The molecule has 10 atom stereocenters. The van der Waals surface area contributed by atoms with Crippen LogP contribution >= 0.6 is 19.0 Å². The smallest absolute Gasteiger partial charge is 0.386 e. The molecule has 2 unspecified atom stereocenters. The lowest BCUT2D eigenvalue weighted by atomic mass is 10.1. The van der Waals surface area contributed by atoms with Gasteiger partial charge in [0.15, 0.2) is 52.7 Å². The van der Waals surface area contributed by atoms with Gasteiger partial charge < -0.3 is 30.4 Å². The molecule has 3 fully saturated rings. The number of fused-ring (bicyclic) bond motifs is 3. The molecule has 0 bridgehead atoms. The fraction of sp³-hybridized carbons (Fsp3) is 0.526. The van der Waals surface area contributed by atoms with Crippen LogP contribution in [0.1, 0.15) is 12.5 Å². The maximum absolute atomic E-state index is 15.7. The minimum Gasteiger partial charge on any atom is -0.387 e. The summed E-state index contributed by atoms with van der Waals surface area (Å²) in [5.41, 5.74) is 1.16. The summed E-state index contributed by atoms with van der Waals surface area (Å²) in [4.78, 5) is 40.4. The molecule has 4 aromatic heterocycles. The molecule has 6 N–H and O–H groups in total. The molecular formula is C19H19F2N10O9PS. The van der Waals surface area contributed by atoms with Crippen molar-refractivity contribution < 1.29 is 42.1 Å². The second-order valence-electron chi connectivity index (χ2n) is 9.72. The second-order valence-corrected chi connectivity index (χ2v) is 12.6. The van der Waals surface area contributed by atoms with Gasteiger partial charge in [-0.05, 0) is 0 Å². The molecule has 0 amide bonds. The molecule has 42 heavy (non-hydrogen) atoms. The van der Waals surface area contributed by atoms with E-state index in [0.29, 0.717) is 0 Å². The number of H-pyrrole nitrogens is 2. The number of imidazole rings is 1. The lowest BCUT2D eigenvalue weighted by Crippen LogP contribution is -2.36. The van der Waals surface area contributed by atoms with E-state index in [-0.39, 0.29) is 28.3 Å². The monoisotopic (exact) mass is 632 g/mol. The van der Waals surface area contributed by atoms with E-state index >= 15 is 8.78 Å². The number of aliphatic hydroxyl groups is 2. The number of aromatic amines is 2. The Labute approximate surface area is 234 Å². The minimum absolute atomic E-state index is 0.108. The van der Waals surface area contributed by atoms with E-state index in [9.17, 15) is 24.4 Å². The molecule has 0 spiro atoms. The number of aliphatic hydroxyl groups excluding tert-OH is 2. The maximum atomic E-state index is 15.7. The van der Waals surface area contributed by atoms with Gasteiger partial charge in [-0.25, -0.2) is 23.3 Å². The Bertz CT molecular complexity index is 1890. The van der Waals surface area contributed by atoms with Crippen LogP contribution in [0.3, 0.4) is 0 Å². The quantitative estimate of drug-likeness (QED) is 0.0974. The van der Waals surface area contributed by atoms with E-state index in [1.54, 1.807) is 0 Å². The van der Waals surface area contributed by atoms with Crippen molar-refractivity contribution in [2.45, 2.75) is 54.8 Å². The summed E-state index contributed by atoms with van der Waals surface area (Å²) in [5.74, 6) is -0.269. The molecule has 1 aliphatic carbocycles. The van der Waals surface area contributed by atoms with Crippen molar-refractivity contribution in [1.29, 1.82) is 0 Å². The van der Waals surface area contributed by atoms with Crippen LogP contribution in [0.5, 0.6) is 0 Å². The Hall–Kier alpha value is -3.37. The number of nitrogens with two attached hydrogens (primary N) is 1. The lowest BCUT2D eigenvalue weighted by Gasteiger charge is -2.28.